The molecule has 0 unspecified atom stereocenters. The van der Waals surface area contributed by atoms with Crippen molar-refractivity contribution in [2.75, 3.05) is 37.9 Å². The average molecular weight is 319 g/mol. The second kappa shape index (κ2) is 6.25. The summed E-state index contributed by atoms with van der Waals surface area (Å²) < 4.78 is 12.0. The molecule has 1 aliphatic rings. The van der Waals surface area contributed by atoms with Gasteiger partial charge in [-0.1, -0.05) is 12.1 Å². The number of fused-ring (bicyclic) bond motifs is 1. The number of morpholine rings is 1. The van der Waals surface area contributed by atoms with Gasteiger partial charge in [0.2, 0.25) is 0 Å². The molecule has 1 aromatic carbocycles. The van der Waals surface area contributed by atoms with E-state index < -0.39 is 10.9 Å². The van der Waals surface area contributed by atoms with Crippen LogP contribution < -0.4 is 5.01 Å². The first-order chi connectivity index (χ1) is 11.1. The van der Waals surface area contributed by atoms with E-state index >= 15 is 0 Å². The van der Waals surface area contributed by atoms with Crippen molar-refractivity contribution >= 4 is 22.6 Å². The van der Waals surface area contributed by atoms with Crippen LogP contribution in [0.3, 0.4) is 0 Å². The standard InChI is InChI=1S/C15H17N3O5/c1-2-23-15(19)13-10-11-4-3-5-12(18(20)21)14(11)17(13)16-6-8-22-9-7-16/h3-5,10H,2,6-9H2,1H3. The third-order valence-corrected chi connectivity index (χ3v) is 3.73. The lowest BCUT2D eigenvalue weighted by Gasteiger charge is -2.31. The molecule has 0 saturated carbocycles. The van der Waals surface area contributed by atoms with Crippen LogP contribution in [0.1, 0.15) is 17.4 Å². The van der Waals surface area contributed by atoms with Crippen molar-refractivity contribution in [2.24, 2.45) is 0 Å². The number of benzene rings is 1. The Morgan fingerprint density at radius 1 is 1.39 bits per heavy atom. The zero-order valence-corrected chi connectivity index (χ0v) is 12.7. The van der Waals surface area contributed by atoms with E-state index in [0.717, 1.165) is 0 Å². The summed E-state index contributed by atoms with van der Waals surface area (Å²) in [5, 5.41) is 13.9. The summed E-state index contributed by atoms with van der Waals surface area (Å²) in [6.45, 7) is 4.06. The van der Waals surface area contributed by atoms with Gasteiger partial charge in [0, 0.05) is 11.5 Å². The number of nitro benzene ring substituents is 1. The van der Waals surface area contributed by atoms with Gasteiger partial charge in [-0.3, -0.25) is 10.1 Å². The molecular formula is C15H17N3O5. The minimum absolute atomic E-state index is 0.0375. The quantitative estimate of drug-likeness (QED) is 0.484. The largest absolute Gasteiger partial charge is 0.461 e. The minimum Gasteiger partial charge on any atom is -0.461 e. The van der Waals surface area contributed by atoms with Crippen LogP contribution in [-0.2, 0) is 9.47 Å². The van der Waals surface area contributed by atoms with E-state index in [4.69, 9.17) is 9.47 Å². The first kappa shape index (κ1) is 15.3. The van der Waals surface area contributed by atoms with Crippen LogP contribution in [0.4, 0.5) is 5.69 Å². The van der Waals surface area contributed by atoms with Gasteiger partial charge >= 0.3 is 5.97 Å². The molecule has 2 aromatic rings. The van der Waals surface area contributed by atoms with Gasteiger partial charge in [0.25, 0.3) is 5.69 Å². The Balaban J connectivity index is 2.23. The second-order valence-corrected chi connectivity index (χ2v) is 5.10. The van der Waals surface area contributed by atoms with Gasteiger partial charge in [-0.2, -0.15) is 0 Å². The Hall–Kier alpha value is -2.61. The van der Waals surface area contributed by atoms with Gasteiger partial charge in [0.15, 0.2) is 0 Å². The highest BCUT2D eigenvalue weighted by molar-refractivity contribution is 5.99. The number of non-ortho nitro benzene ring substituents is 1. The Morgan fingerprint density at radius 3 is 2.78 bits per heavy atom. The number of ether oxygens (including phenoxy) is 2. The van der Waals surface area contributed by atoms with Gasteiger partial charge in [-0.15, -0.1) is 0 Å². The number of para-hydroxylation sites is 1. The van der Waals surface area contributed by atoms with Gasteiger partial charge in [0.1, 0.15) is 11.2 Å². The van der Waals surface area contributed by atoms with E-state index in [9.17, 15) is 14.9 Å². The van der Waals surface area contributed by atoms with Crippen LogP contribution in [0.25, 0.3) is 10.9 Å². The molecule has 0 radical (unpaired) electrons. The monoisotopic (exact) mass is 319 g/mol. The molecular weight excluding hydrogens is 302 g/mol. The fourth-order valence-corrected chi connectivity index (χ4v) is 2.77. The fourth-order valence-electron chi connectivity index (χ4n) is 2.77. The second-order valence-electron chi connectivity index (χ2n) is 5.10. The van der Waals surface area contributed by atoms with Gasteiger partial charge < -0.3 is 14.5 Å². The highest BCUT2D eigenvalue weighted by Gasteiger charge is 2.27. The third kappa shape index (κ3) is 2.72. The van der Waals surface area contributed by atoms with Crippen LogP contribution in [0.5, 0.6) is 0 Å². The summed E-state index contributed by atoms with van der Waals surface area (Å²) in [6.07, 6.45) is 0. The van der Waals surface area contributed by atoms with E-state index in [1.54, 1.807) is 29.8 Å². The Bertz CT molecular complexity index is 749. The van der Waals surface area contributed by atoms with Crippen molar-refractivity contribution in [1.29, 1.82) is 0 Å². The molecule has 1 aromatic heterocycles. The number of esters is 1. The number of nitrogens with zero attached hydrogens (tertiary/aromatic N) is 3. The molecule has 8 nitrogen and oxygen atoms in total. The predicted octanol–water partition coefficient (Wildman–Crippen LogP) is 1.69. The van der Waals surface area contributed by atoms with Crippen molar-refractivity contribution in [3.63, 3.8) is 0 Å². The molecule has 23 heavy (non-hydrogen) atoms. The maximum absolute atomic E-state index is 12.3. The van der Waals surface area contributed by atoms with Gasteiger partial charge in [-0.05, 0) is 13.0 Å². The zero-order chi connectivity index (χ0) is 16.4. The summed E-state index contributed by atoms with van der Waals surface area (Å²) in [5.74, 6) is -0.496. The van der Waals surface area contributed by atoms with E-state index in [0.29, 0.717) is 37.2 Å². The molecule has 0 aliphatic carbocycles. The molecule has 0 bridgehead atoms. The number of hydrogen-bond donors (Lipinski definition) is 0. The van der Waals surface area contributed by atoms with Crippen LogP contribution >= 0.6 is 0 Å². The van der Waals surface area contributed by atoms with E-state index in [-0.39, 0.29) is 18.0 Å². The molecule has 1 aliphatic heterocycles. The van der Waals surface area contributed by atoms with E-state index in [1.165, 1.54) is 6.07 Å². The average Bonchev–Trinajstić information content (AvgIpc) is 2.95. The Morgan fingerprint density at radius 2 is 2.13 bits per heavy atom. The molecule has 3 rings (SSSR count). The molecule has 2 heterocycles. The highest BCUT2D eigenvalue weighted by Crippen LogP contribution is 2.29. The molecule has 0 N–H and O–H groups in total. The first-order valence-corrected chi connectivity index (χ1v) is 7.42. The lowest BCUT2D eigenvalue weighted by Crippen LogP contribution is -2.45. The number of rotatable bonds is 4. The molecule has 0 spiro atoms. The SMILES string of the molecule is CCOC(=O)c1cc2cccc([N+](=O)[O-])c2n1N1CCOCC1. The van der Waals surface area contributed by atoms with Crippen molar-refractivity contribution < 1.29 is 19.2 Å². The van der Waals surface area contributed by atoms with Gasteiger partial charge in [0.05, 0.1) is 37.8 Å². The maximum Gasteiger partial charge on any atom is 0.356 e. The van der Waals surface area contributed by atoms with Gasteiger partial charge in [-0.25, -0.2) is 9.47 Å². The van der Waals surface area contributed by atoms with Crippen molar-refractivity contribution in [2.45, 2.75) is 6.92 Å². The smallest absolute Gasteiger partial charge is 0.356 e. The van der Waals surface area contributed by atoms with Crippen molar-refractivity contribution in [1.82, 2.24) is 4.68 Å². The first-order valence-electron chi connectivity index (χ1n) is 7.42. The summed E-state index contributed by atoms with van der Waals surface area (Å²) in [5.41, 5.74) is 0.657. The molecule has 1 saturated heterocycles. The summed E-state index contributed by atoms with van der Waals surface area (Å²) in [6, 6.07) is 6.44. The van der Waals surface area contributed by atoms with Crippen molar-refractivity contribution in [3.8, 4) is 0 Å². The van der Waals surface area contributed by atoms with E-state index in [1.807, 2.05) is 5.01 Å². The lowest BCUT2D eigenvalue weighted by molar-refractivity contribution is -0.383. The lowest BCUT2D eigenvalue weighted by atomic mass is 10.2. The number of hydrogen-bond acceptors (Lipinski definition) is 6. The number of aromatic nitrogens is 1. The highest BCUT2D eigenvalue weighted by atomic mass is 16.6. The summed E-state index contributed by atoms with van der Waals surface area (Å²) >= 11 is 0. The predicted molar refractivity (Wildman–Crippen MR) is 83.3 cm³/mol. The van der Waals surface area contributed by atoms with Crippen LogP contribution in [0.15, 0.2) is 24.3 Å². The minimum atomic E-state index is -0.496. The fraction of sp³-hybridized carbons (Fsp3) is 0.400. The Kier molecular flexibility index (Phi) is 4.16. The third-order valence-electron chi connectivity index (χ3n) is 3.73. The van der Waals surface area contributed by atoms with E-state index in [2.05, 4.69) is 0 Å². The zero-order valence-electron chi connectivity index (χ0n) is 12.7. The maximum atomic E-state index is 12.3. The molecule has 122 valence electrons. The Labute approximate surface area is 132 Å². The van der Waals surface area contributed by atoms with Crippen LogP contribution in [-0.4, -0.2) is 48.5 Å². The molecule has 0 atom stereocenters. The molecule has 1 fully saturated rings. The summed E-state index contributed by atoms with van der Waals surface area (Å²) in [4.78, 5) is 23.2. The number of carbonyl (C=O) groups excluding carboxylic acids is 1. The molecule has 0 amide bonds. The van der Waals surface area contributed by atoms with Crippen LogP contribution in [0.2, 0.25) is 0 Å². The normalized spacial score (nSPS) is 14.9. The van der Waals surface area contributed by atoms with Crippen molar-refractivity contribution in [3.05, 3.63) is 40.1 Å². The van der Waals surface area contributed by atoms with Crippen LogP contribution in [0, 0.1) is 10.1 Å². The number of carbonyl (C=O) groups is 1. The topological polar surface area (TPSA) is 86.8 Å². The number of nitro groups is 1. The summed E-state index contributed by atoms with van der Waals surface area (Å²) in [7, 11) is 0. The molecule has 8 heteroatoms.